The van der Waals surface area contributed by atoms with Gasteiger partial charge in [-0.05, 0) is 38.1 Å². The van der Waals surface area contributed by atoms with E-state index in [2.05, 4.69) is 20.0 Å². The Morgan fingerprint density at radius 3 is 1.46 bits per heavy atom. The van der Waals surface area contributed by atoms with Crippen LogP contribution in [0, 0.1) is 13.8 Å². The maximum absolute atomic E-state index is 13.9. The predicted octanol–water partition coefficient (Wildman–Crippen LogP) is 3.74. The number of ether oxygens (including phenoxy) is 2. The van der Waals surface area contributed by atoms with Crippen molar-refractivity contribution >= 4 is 21.6 Å². The maximum atomic E-state index is 13.9. The number of para-hydroxylation sites is 2. The molecular weight excluding hydrogens is 598 g/mol. The van der Waals surface area contributed by atoms with E-state index in [0.717, 1.165) is 0 Å². The summed E-state index contributed by atoms with van der Waals surface area (Å²) in [7, 11) is -4.37. The average molecular weight is 621 g/mol. The molecule has 0 bridgehead atoms. The van der Waals surface area contributed by atoms with Crippen molar-refractivity contribution < 1.29 is 44.2 Å². The Kier molecular flexibility index (Phi) is 8.82. The van der Waals surface area contributed by atoms with Gasteiger partial charge in [-0.3, -0.25) is 18.4 Å². The zero-order valence-corrected chi connectivity index (χ0v) is 23.1. The minimum Gasteiger partial charge on any atom is -0.484 e. The van der Waals surface area contributed by atoms with Crippen LogP contribution in [0.1, 0.15) is 22.5 Å². The summed E-state index contributed by atoms with van der Waals surface area (Å²) in [6, 6.07) is 8.95. The standard InChI is InChI=1S/C25H22F6N4O4S2/c1-15-19(32-9-7-21(15)38-13-23(26,27)28)11-40(36)25(34-17-5-3-4-6-18(17)35-25)41(37)12-20-16(2)22(8-10-33-20)39-14-24(29,30)31/h3-10H,11-14H2,1-2H3. The van der Waals surface area contributed by atoms with Gasteiger partial charge in [0.05, 0.1) is 55.2 Å². The van der Waals surface area contributed by atoms with Crippen molar-refractivity contribution in [2.24, 2.45) is 9.98 Å². The summed E-state index contributed by atoms with van der Waals surface area (Å²) in [5.41, 5.74) is 0.650. The summed E-state index contributed by atoms with van der Waals surface area (Å²) in [5, 5.41) is 0.626. The van der Waals surface area contributed by atoms with Gasteiger partial charge in [0, 0.05) is 23.5 Å². The Morgan fingerprint density at radius 1 is 0.707 bits per heavy atom. The average Bonchev–Trinajstić information content (AvgIpc) is 3.30. The number of fused-ring (bicyclic) bond motifs is 1. The number of aromatic nitrogens is 2. The third-order valence-corrected chi connectivity index (χ3v) is 9.57. The molecule has 8 nitrogen and oxygen atoms in total. The summed E-state index contributed by atoms with van der Waals surface area (Å²) in [6.45, 7) is -0.169. The Morgan fingerprint density at radius 2 is 1.10 bits per heavy atom. The van der Waals surface area contributed by atoms with E-state index >= 15 is 0 Å². The first-order valence-electron chi connectivity index (χ1n) is 11.8. The highest BCUT2D eigenvalue weighted by molar-refractivity contribution is 8.03. The maximum Gasteiger partial charge on any atom is 0.422 e. The smallest absolute Gasteiger partial charge is 0.422 e. The number of hydrogen-bond acceptors (Lipinski definition) is 8. The van der Waals surface area contributed by atoms with Gasteiger partial charge >= 0.3 is 16.7 Å². The molecule has 0 amide bonds. The molecule has 0 aliphatic carbocycles. The monoisotopic (exact) mass is 620 g/mol. The molecule has 1 aliphatic rings. The third-order valence-electron chi connectivity index (χ3n) is 5.83. The zero-order valence-electron chi connectivity index (χ0n) is 21.5. The van der Waals surface area contributed by atoms with Crippen LogP contribution >= 0.6 is 0 Å². The molecule has 220 valence electrons. The number of halogens is 6. The molecule has 0 saturated carbocycles. The van der Waals surface area contributed by atoms with E-state index in [1.165, 1.54) is 38.4 Å². The van der Waals surface area contributed by atoms with Crippen LogP contribution < -0.4 is 20.2 Å². The van der Waals surface area contributed by atoms with E-state index in [1.54, 1.807) is 24.3 Å². The van der Waals surface area contributed by atoms with Crippen LogP contribution in [0.3, 0.4) is 0 Å². The van der Waals surface area contributed by atoms with Crippen molar-refractivity contribution in [2.45, 2.75) is 42.0 Å². The molecule has 16 heteroatoms. The quantitative estimate of drug-likeness (QED) is 0.320. The van der Waals surface area contributed by atoms with Crippen LogP contribution in [-0.2, 0) is 33.1 Å². The number of benzene rings is 1. The predicted molar refractivity (Wildman–Crippen MR) is 136 cm³/mol. The van der Waals surface area contributed by atoms with Crippen molar-refractivity contribution in [3.63, 3.8) is 0 Å². The number of nitrogens with zero attached hydrogens (tertiary/aromatic N) is 4. The topological polar surface area (TPSA) is 103 Å². The molecule has 0 radical (unpaired) electrons. The summed E-state index contributed by atoms with van der Waals surface area (Å²) in [6.07, 6.45) is -6.75. The molecule has 41 heavy (non-hydrogen) atoms. The van der Waals surface area contributed by atoms with Crippen molar-refractivity contribution in [3.05, 3.63) is 82.0 Å². The number of pyridine rings is 2. The molecule has 2 aromatic heterocycles. The van der Waals surface area contributed by atoms with Gasteiger partial charge in [-0.1, -0.05) is 12.1 Å². The number of rotatable bonds is 10. The van der Waals surface area contributed by atoms with Crippen LogP contribution in [0.4, 0.5) is 26.3 Å². The van der Waals surface area contributed by atoms with Gasteiger partial charge in [-0.15, -0.1) is 0 Å². The molecule has 0 saturated heterocycles. The second-order valence-corrected chi connectivity index (χ2v) is 12.2. The first-order chi connectivity index (χ1) is 19.2. The fraction of sp³-hybridized carbons (Fsp3) is 0.360. The van der Waals surface area contributed by atoms with Gasteiger partial charge in [0.15, 0.2) is 13.2 Å². The lowest BCUT2D eigenvalue weighted by molar-refractivity contribution is -0.154. The molecule has 2 atom stereocenters. The van der Waals surface area contributed by atoms with E-state index in [9.17, 15) is 34.8 Å². The molecule has 0 N–H and O–H groups in total. The number of alkyl halides is 6. The van der Waals surface area contributed by atoms with Crippen LogP contribution in [0.2, 0.25) is 0 Å². The second-order valence-electron chi connectivity index (χ2n) is 8.81. The zero-order chi connectivity index (χ0) is 30.0. The van der Waals surface area contributed by atoms with E-state index in [4.69, 9.17) is 9.47 Å². The Hall–Kier alpha value is -3.40. The highest BCUT2D eigenvalue weighted by atomic mass is 32.2. The molecule has 3 aromatic rings. The Labute approximate surface area is 234 Å². The van der Waals surface area contributed by atoms with Crippen LogP contribution in [0.15, 0.2) is 58.8 Å². The molecule has 0 fully saturated rings. The van der Waals surface area contributed by atoms with Crippen LogP contribution in [0.25, 0.3) is 0 Å². The summed E-state index contributed by atoms with van der Waals surface area (Å²) in [4.78, 5) is 17.1. The van der Waals surface area contributed by atoms with Gasteiger partial charge in [0.1, 0.15) is 11.5 Å². The fourth-order valence-electron chi connectivity index (χ4n) is 3.77. The van der Waals surface area contributed by atoms with Crippen molar-refractivity contribution in [1.82, 2.24) is 9.97 Å². The van der Waals surface area contributed by atoms with E-state index in [-0.39, 0.29) is 45.5 Å². The van der Waals surface area contributed by atoms with Gasteiger partial charge < -0.3 is 9.47 Å². The van der Waals surface area contributed by atoms with E-state index in [1.807, 2.05) is 0 Å². The van der Waals surface area contributed by atoms with E-state index in [0.29, 0.717) is 10.7 Å². The molecule has 1 aromatic carbocycles. The largest absolute Gasteiger partial charge is 0.484 e. The molecular formula is C25H22F6N4O4S2. The fourth-order valence-corrected chi connectivity index (χ4v) is 7.21. The van der Waals surface area contributed by atoms with Gasteiger partial charge in [0.2, 0.25) is 0 Å². The van der Waals surface area contributed by atoms with E-state index < -0.39 is 51.5 Å². The van der Waals surface area contributed by atoms with Crippen molar-refractivity contribution in [1.29, 1.82) is 0 Å². The minimum atomic E-state index is -4.58. The summed E-state index contributed by atoms with van der Waals surface area (Å²) >= 11 is 0. The summed E-state index contributed by atoms with van der Waals surface area (Å²) < 4.78 is 111. The Balaban J connectivity index is 1.66. The first kappa shape index (κ1) is 30.6. The first-order valence-corrected chi connectivity index (χ1v) is 14.4. The second kappa shape index (κ2) is 11.8. The van der Waals surface area contributed by atoms with Crippen molar-refractivity contribution in [3.8, 4) is 11.5 Å². The molecule has 1 aliphatic heterocycles. The minimum absolute atomic E-state index is 0.112. The lowest BCUT2D eigenvalue weighted by atomic mass is 10.2. The molecule has 4 rings (SSSR count). The third kappa shape index (κ3) is 7.28. The highest BCUT2D eigenvalue weighted by Crippen LogP contribution is 2.32. The van der Waals surface area contributed by atoms with Gasteiger partial charge in [0.25, 0.3) is 0 Å². The molecule has 2 unspecified atom stereocenters. The van der Waals surface area contributed by atoms with Gasteiger partial charge in [-0.2, -0.15) is 26.3 Å². The number of hydrogen-bond donors (Lipinski definition) is 0. The summed E-state index contributed by atoms with van der Waals surface area (Å²) in [5.74, 6) is -0.997. The Bertz CT molecular complexity index is 1500. The SMILES string of the molecule is Cc1c(OCC(F)(F)F)ccnc1CS(=O)C1(S(=O)Cc2nccc(OCC(F)(F)F)c2C)N=c2ccccc2=N1. The van der Waals surface area contributed by atoms with Gasteiger partial charge in [-0.25, -0.2) is 9.98 Å². The molecule has 0 spiro atoms. The lowest BCUT2D eigenvalue weighted by Gasteiger charge is -2.23. The van der Waals surface area contributed by atoms with Crippen molar-refractivity contribution in [2.75, 3.05) is 13.2 Å². The van der Waals surface area contributed by atoms with Crippen LogP contribution in [-0.4, -0.2) is 48.3 Å². The highest BCUT2D eigenvalue weighted by Gasteiger charge is 2.45. The lowest BCUT2D eigenvalue weighted by Crippen LogP contribution is -2.37. The van der Waals surface area contributed by atoms with Crippen LogP contribution in [0.5, 0.6) is 11.5 Å². The normalized spacial score (nSPS) is 15.8. The molecule has 3 heterocycles.